The minimum absolute atomic E-state index is 0.0287. The first-order valence-corrected chi connectivity index (χ1v) is 12.3. The third-order valence-electron chi connectivity index (χ3n) is 6.39. The van der Waals surface area contributed by atoms with E-state index in [2.05, 4.69) is 11.2 Å². The number of benzene rings is 2. The fourth-order valence-corrected chi connectivity index (χ4v) is 5.19. The summed E-state index contributed by atoms with van der Waals surface area (Å²) < 4.78 is 24.5. The first-order valence-electron chi connectivity index (χ1n) is 10.4. The first kappa shape index (κ1) is 22.7. The van der Waals surface area contributed by atoms with E-state index in [1.54, 1.807) is 22.9 Å². The van der Waals surface area contributed by atoms with Crippen molar-refractivity contribution in [1.82, 2.24) is 9.78 Å². The highest BCUT2D eigenvalue weighted by Gasteiger charge is 2.37. The minimum atomic E-state index is -3.77. The van der Waals surface area contributed by atoms with E-state index in [0.29, 0.717) is 22.8 Å². The van der Waals surface area contributed by atoms with Crippen molar-refractivity contribution in [3.8, 4) is 11.3 Å². The van der Waals surface area contributed by atoms with Crippen LogP contribution < -0.4 is 16.4 Å². The van der Waals surface area contributed by atoms with E-state index in [-0.39, 0.29) is 21.9 Å². The summed E-state index contributed by atoms with van der Waals surface area (Å²) in [6.45, 7) is 0.513. The van der Waals surface area contributed by atoms with E-state index in [1.807, 2.05) is 18.2 Å². The van der Waals surface area contributed by atoms with Crippen LogP contribution in [0.5, 0.6) is 0 Å². The molecule has 7 nitrogen and oxygen atoms in total. The van der Waals surface area contributed by atoms with Crippen molar-refractivity contribution in [3.63, 3.8) is 0 Å². The summed E-state index contributed by atoms with van der Waals surface area (Å²) in [5, 5.41) is 10.4. The molecule has 4 rings (SSSR count). The lowest BCUT2D eigenvalue weighted by atomic mass is 9.68. The van der Waals surface area contributed by atoms with Gasteiger partial charge in [-0.1, -0.05) is 35.9 Å². The Morgan fingerprint density at radius 2 is 1.75 bits per heavy atom. The summed E-state index contributed by atoms with van der Waals surface area (Å²) in [4.78, 5) is 12.6. The molecule has 0 spiro atoms. The van der Waals surface area contributed by atoms with Gasteiger partial charge in [0.15, 0.2) is 0 Å². The quantitative estimate of drug-likeness (QED) is 0.590. The van der Waals surface area contributed by atoms with Gasteiger partial charge in [-0.2, -0.15) is 5.10 Å². The number of hydrogen-bond donors (Lipinski definition) is 2. The third-order valence-corrected chi connectivity index (χ3v) is 7.55. The molecule has 0 atom stereocenters. The van der Waals surface area contributed by atoms with Gasteiger partial charge in [0.05, 0.1) is 16.6 Å². The molecule has 4 N–H and O–H groups in total. The topological polar surface area (TPSA) is 121 Å². The summed E-state index contributed by atoms with van der Waals surface area (Å²) in [5.41, 5.74) is 8.31. The van der Waals surface area contributed by atoms with E-state index in [4.69, 9.17) is 22.5 Å². The van der Waals surface area contributed by atoms with Crippen LogP contribution in [0.25, 0.3) is 11.3 Å². The largest absolute Gasteiger partial charge is 0.330 e. The lowest BCUT2D eigenvalue weighted by Gasteiger charge is -2.40. The fourth-order valence-electron chi connectivity index (χ4n) is 4.48. The number of nitrogens with zero attached hydrogens (tertiary/aromatic N) is 2. The van der Waals surface area contributed by atoms with E-state index in [9.17, 15) is 13.2 Å². The number of primary sulfonamides is 1. The fraction of sp³-hybridized carbons (Fsp3) is 0.304. The number of halogens is 1. The van der Waals surface area contributed by atoms with Crippen LogP contribution in [0.3, 0.4) is 0 Å². The summed E-state index contributed by atoms with van der Waals surface area (Å²) in [6.07, 6.45) is 3.20. The molecule has 0 saturated heterocycles. The van der Waals surface area contributed by atoms with Crippen LogP contribution in [-0.2, 0) is 15.4 Å². The lowest BCUT2D eigenvalue weighted by molar-refractivity contribution is 0.222. The van der Waals surface area contributed by atoms with Gasteiger partial charge >= 0.3 is 0 Å². The Hall–Kier alpha value is -2.52. The zero-order chi connectivity index (χ0) is 22.9. The average molecular weight is 473 g/mol. The van der Waals surface area contributed by atoms with Gasteiger partial charge in [0.1, 0.15) is 0 Å². The van der Waals surface area contributed by atoms with Gasteiger partial charge in [-0.05, 0) is 61.6 Å². The molecule has 1 aliphatic carbocycles. The van der Waals surface area contributed by atoms with E-state index < -0.39 is 10.0 Å². The van der Waals surface area contributed by atoms with E-state index >= 15 is 0 Å². The van der Waals surface area contributed by atoms with Crippen LogP contribution in [0.15, 0.2) is 70.4 Å². The molecular weight excluding hydrogens is 448 g/mol. The molecule has 1 heterocycles. The van der Waals surface area contributed by atoms with Crippen LogP contribution >= 0.6 is 11.6 Å². The molecule has 1 aromatic heterocycles. The Labute approximate surface area is 192 Å². The molecule has 1 aliphatic rings. The molecule has 3 aromatic rings. The predicted molar refractivity (Wildman–Crippen MR) is 125 cm³/mol. The molecule has 0 radical (unpaired) electrons. The third kappa shape index (κ3) is 4.49. The molecule has 1 fully saturated rings. The van der Waals surface area contributed by atoms with Crippen molar-refractivity contribution in [2.75, 3.05) is 6.54 Å². The summed E-state index contributed by atoms with van der Waals surface area (Å²) in [5.74, 6) is 0. The Kier molecular flexibility index (Phi) is 6.22. The number of hydrogen-bond acceptors (Lipinski definition) is 5. The zero-order valence-corrected chi connectivity index (χ0v) is 19.0. The standard InChI is InChI=1S/C23H25ClN4O3S/c24-18-3-1-2-17(14-18)23(15-25)12-10-19(11-13-23)28-22(29)9-8-21(27-28)16-4-6-20(7-5-16)32(26,30)31/h1-9,14,19H,10-13,15,25H2,(H2,26,30,31)/t19-,23-. The molecule has 2 aromatic carbocycles. The Bertz CT molecular complexity index is 1280. The maximum Gasteiger partial charge on any atom is 0.267 e. The molecule has 0 aliphatic heterocycles. The molecule has 0 amide bonds. The number of rotatable bonds is 5. The molecule has 0 unspecified atom stereocenters. The SMILES string of the molecule is NC[C@]1(c2cccc(Cl)c2)CC[C@H](n2nc(-c3ccc(S(N)(=O)=O)cc3)ccc2=O)CC1. The van der Waals surface area contributed by atoms with Gasteiger partial charge in [-0.25, -0.2) is 18.2 Å². The minimum Gasteiger partial charge on any atom is -0.330 e. The average Bonchev–Trinajstić information content (AvgIpc) is 2.79. The Morgan fingerprint density at radius 1 is 1.06 bits per heavy atom. The highest BCUT2D eigenvalue weighted by molar-refractivity contribution is 7.89. The van der Waals surface area contributed by atoms with Gasteiger partial charge in [-0.3, -0.25) is 4.79 Å². The maximum absolute atomic E-state index is 12.6. The van der Waals surface area contributed by atoms with Gasteiger partial charge in [-0.15, -0.1) is 0 Å². The van der Waals surface area contributed by atoms with Crippen LogP contribution in [-0.4, -0.2) is 24.7 Å². The van der Waals surface area contributed by atoms with Crippen molar-refractivity contribution >= 4 is 21.6 Å². The monoisotopic (exact) mass is 472 g/mol. The van der Waals surface area contributed by atoms with E-state index in [0.717, 1.165) is 31.2 Å². The number of aromatic nitrogens is 2. The highest BCUT2D eigenvalue weighted by Crippen LogP contribution is 2.42. The molecule has 1 saturated carbocycles. The van der Waals surface area contributed by atoms with Crippen LogP contribution in [0.4, 0.5) is 0 Å². The molecule has 9 heteroatoms. The predicted octanol–water partition coefficient (Wildman–Crippen LogP) is 3.22. The highest BCUT2D eigenvalue weighted by atomic mass is 35.5. The van der Waals surface area contributed by atoms with Crippen molar-refractivity contribution in [1.29, 1.82) is 0 Å². The van der Waals surface area contributed by atoms with Crippen molar-refractivity contribution in [2.24, 2.45) is 10.9 Å². The van der Waals surface area contributed by atoms with Gasteiger partial charge < -0.3 is 5.73 Å². The molecule has 0 bridgehead atoms. The normalized spacial score (nSPS) is 21.4. The van der Waals surface area contributed by atoms with Crippen LogP contribution in [0, 0.1) is 0 Å². The lowest BCUT2D eigenvalue weighted by Crippen LogP contribution is -2.41. The summed E-state index contributed by atoms with van der Waals surface area (Å²) in [7, 11) is -3.77. The van der Waals surface area contributed by atoms with Crippen molar-refractivity contribution in [2.45, 2.75) is 42.0 Å². The number of sulfonamides is 1. The molecule has 32 heavy (non-hydrogen) atoms. The number of nitrogens with two attached hydrogens (primary N) is 2. The Morgan fingerprint density at radius 3 is 2.34 bits per heavy atom. The maximum atomic E-state index is 12.6. The van der Waals surface area contributed by atoms with Crippen molar-refractivity contribution in [3.05, 3.63) is 81.6 Å². The van der Waals surface area contributed by atoms with Gasteiger partial charge in [0.25, 0.3) is 5.56 Å². The van der Waals surface area contributed by atoms with E-state index in [1.165, 1.54) is 18.2 Å². The summed E-state index contributed by atoms with van der Waals surface area (Å²) >= 11 is 6.20. The van der Waals surface area contributed by atoms with Gasteiger partial charge in [0.2, 0.25) is 10.0 Å². The second-order valence-corrected chi connectivity index (χ2v) is 10.3. The second kappa shape index (κ2) is 8.78. The van der Waals surface area contributed by atoms with Crippen LogP contribution in [0.2, 0.25) is 5.02 Å². The first-order chi connectivity index (χ1) is 15.2. The van der Waals surface area contributed by atoms with Crippen molar-refractivity contribution < 1.29 is 8.42 Å². The Balaban J connectivity index is 1.58. The van der Waals surface area contributed by atoms with Gasteiger partial charge in [0, 0.05) is 28.6 Å². The van der Waals surface area contributed by atoms with Crippen LogP contribution in [0.1, 0.15) is 37.3 Å². The second-order valence-electron chi connectivity index (χ2n) is 8.30. The molecule has 168 valence electrons. The molecular formula is C23H25ClN4O3S. The zero-order valence-electron chi connectivity index (χ0n) is 17.4. The summed E-state index contributed by atoms with van der Waals surface area (Å²) in [6, 6.07) is 17.1. The smallest absolute Gasteiger partial charge is 0.267 e.